The van der Waals surface area contributed by atoms with Crippen molar-refractivity contribution in [2.24, 2.45) is 5.92 Å². The van der Waals surface area contributed by atoms with Crippen molar-refractivity contribution < 1.29 is 9.53 Å². The molecule has 0 fully saturated rings. The van der Waals surface area contributed by atoms with Gasteiger partial charge in [-0.1, -0.05) is 18.2 Å². The summed E-state index contributed by atoms with van der Waals surface area (Å²) in [6.07, 6.45) is 8.94. The smallest absolute Gasteiger partial charge is 0.338 e. The van der Waals surface area contributed by atoms with E-state index in [1.807, 2.05) is 6.07 Å². The second kappa shape index (κ2) is 6.30. The van der Waals surface area contributed by atoms with Crippen molar-refractivity contribution in [3.05, 3.63) is 48.3 Å². The van der Waals surface area contributed by atoms with Crippen molar-refractivity contribution in [3.8, 4) is 5.69 Å². The van der Waals surface area contributed by atoms with E-state index in [-0.39, 0.29) is 5.97 Å². The maximum atomic E-state index is 12.1. The van der Waals surface area contributed by atoms with Crippen LogP contribution in [0.4, 0.5) is 0 Å². The Morgan fingerprint density at radius 2 is 2.33 bits per heavy atom. The van der Waals surface area contributed by atoms with E-state index in [0.717, 1.165) is 24.9 Å². The van der Waals surface area contributed by atoms with E-state index in [4.69, 9.17) is 4.74 Å². The predicted octanol–water partition coefficient (Wildman–Crippen LogP) is 2.18. The Balaban J connectivity index is 1.64. The van der Waals surface area contributed by atoms with Crippen LogP contribution >= 0.6 is 0 Å². The molecule has 1 unspecified atom stereocenters. The number of hydrogen-bond donors (Lipinski definition) is 0. The number of nitrogens with zero attached hydrogens (tertiary/aromatic N) is 4. The molecule has 1 atom stereocenters. The average Bonchev–Trinajstić information content (AvgIpc) is 3.08. The van der Waals surface area contributed by atoms with Gasteiger partial charge >= 0.3 is 5.97 Å². The lowest BCUT2D eigenvalue weighted by atomic mass is 9.95. The number of aromatic nitrogens is 4. The molecule has 1 aromatic carbocycles. The van der Waals surface area contributed by atoms with Gasteiger partial charge in [-0.2, -0.15) is 0 Å². The monoisotopic (exact) mass is 284 g/mol. The number of benzene rings is 1. The van der Waals surface area contributed by atoms with Crippen LogP contribution in [-0.2, 0) is 4.74 Å². The molecule has 0 amide bonds. The molecule has 1 aliphatic carbocycles. The van der Waals surface area contributed by atoms with Gasteiger partial charge in [0.25, 0.3) is 0 Å². The Morgan fingerprint density at radius 1 is 1.38 bits per heavy atom. The summed E-state index contributed by atoms with van der Waals surface area (Å²) in [6, 6.07) is 7.08. The molecule has 0 saturated carbocycles. The van der Waals surface area contributed by atoms with Crippen molar-refractivity contribution in [2.75, 3.05) is 6.61 Å². The van der Waals surface area contributed by atoms with Crippen molar-refractivity contribution in [3.63, 3.8) is 0 Å². The summed E-state index contributed by atoms with van der Waals surface area (Å²) in [6.45, 7) is 0.471. The summed E-state index contributed by atoms with van der Waals surface area (Å²) >= 11 is 0. The van der Waals surface area contributed by atoms with E-state index in [2.05, 4.69) is 27.7 Å². The summed E-state index contributed by atoms with van der Waals surface area (Å²) in [5.74, 6) is 0.126. The van der Waals surface area contributed by atoms with Crippen LogP contribution < -0.4 is 0 Å². The first-order chi connectivity index (χ1) is 10.3. The van der Waals surface area contributed by atoms with Crippen molar-refractivity contribution >= 4 is 5.97 Å². The Hall–Kier alpha value is -2.50. The highest BCUT2D eigenvalue weighted by molar-refractivity contribution is 5.90. The van der Waals surface area contributed by atoms with Crippen LogP contribution in [0.1, 0.15) is 29.6 Å². The van der Waals surface area contributed by atoms with Crippen molar-refractivity contribution in [1.29, 1.82) is 0 Å². The normalized spacial score (nSPS) is 17.6. The summed E-state index contributed by atoms with van der Waals surface area (Å²) in [4.78, 5) is 12.1. The lowest BCUT2D eigenvalue weighted by Gasteiger charge is -2.17. The van der Waals surface area contributed by atoms with Crippen LogP contribution in [-0.4, -0.2) is 32.8 Å². The van der Waals surface area contributed by atoms with Crippen LogP contribution in [0.3, 0.4) is 0 Å². The molecule has 0 radical (unpaired) electrons. The second-order valence-corrected chi connectivity index (χ2v) is 5.05. The van der Waals surface area contributed by atoms with Crippen LogP contribution in [0.2, 0.25) is 0 Å². The lowest BCUT2D eigenvalue weighted by molar-refractivity contribution is 0.0432. The van der Waals surface area contributed by atoms with Crippen molar-refractivity contribution in [1.82, 2.24) is 20.2 Å². The quantitative estimate of drug-likeness (QED) is 0.635. The Labute approximate surface area is 122 Å². The molecule has 6 heteroatoms. The number of esters is 1. The highest BCUT2D eigenvalue weighted by Crippen LogP contribution is 2.19. The van der Waals surface area contributed by atoms with Gasteiger partial charge in [-0.25, -0.2) is 9.48 Å². The molecule has 6 nitrogen and oxygen atoms in total. The molecule has 0 spiro atoms. The van der Waals surface area contributed by atoms with Gasteiger partial charge in [0, 0.05) is 0 Å². The van der Waals surface area contributed by atoms with Crippen LogP contribution in [0.15, 0.2) is 42.7 Å². The van der Waals surface area contributed by atoms with E-state index < -0.39 is 0 Å². The van der Waals surface area contributed by atoms with Gasteiger partial charge in [0.2, 0.25) is 0 Å². The third-order valence-corrected chi connectivity index (χ3v) is 3.52. The Kier molecular flexibility index (Phi) is 4.04. The van der Waals surface area contributed by atoms with E-state index >= 15 is 0 Å². The predicted molar refractivity (Wildman–Crippen MR) is 75.9 cm³/mol. The van der Waals surface area contributed by atoms with Crippen LogP contribution in [0, 0.1) is 5.92 Å². The van der Waals surface area contributed by atoms with Gasteiger partial charge < -0.3 is 4.74 Å². The minimum absolute atomic E-state index is 0.306. The van der Waals surface area contributed by atoms with Gasteiger partial charge in [-0.15, -0.1) is 5.10 Å². The zero-order valence-corrected chi connectivity index (χ0v) is 11.6. The van der Waals surface area contributed by atoms with Gasteiger partial charge in [0.05, 0.1) is 17.9 Å². The highest BCUT2D eigenvalue weighted by atomic mass is 16.5. The van der Waals surface area contributed by atoms with Gasteiger partial charge in [-0.3, -0.25) is 0 Å². The van der Waals surface area contributed by atoms with Crippen LogP contribution in [0.25, 0.3) is 5.69 Å². The number of hydrogen-bond acceptors (Lipinski definition) is 5. The number of tetrazole rings is 1. The summed E-state index contributed by atoms with van der Waals surface area (Å²) in [5.41, 5.74) is 1.24. The van der Waals surface area contributed by atoms with E-state index in [0.29, 0.717) is 18.1 Å². The fourth-order valence-electron chi connectivity index (χ4n) is 2.34. The molecular formula is C15H16N4O2. The number of carbonyl (C=O) groups is 1. The van der Waals surface area contributed by atoms with E-state index in [1.165, 1.54) is 11.0 Å². The van der Waals surface area contributed by atoms with E-state index in [9.17, 15) is 4.79 Å². The zero-order valence-electron chi connectivity index (χ0n) is 11.6. The lowest BCUT2D eigenvalue weighted by Crippen LogP contribution is -2.15. The molecule has 1 heterocycles. The van der Waals surface area contributed by atoms with Crippen molar-refractivity contribution in [2.45, 2.75) is 19.3 Å². The third kappa shape index (κ3) is 3.34. The summed E-state index contributed by atoms with van der Waals surface area (Å²) in [5, 5.41) is 11.0. The topological polar surface area (TPSA) is 69.9 Å². The number of ether oxygens (including phenoxy) is 1. The number of carbonyl (C=O) groups excluding carboxylic acids is 1. The first kappa shape index (κ1) is 13.5. The number of rotatable bonds is 4. The molecule has 2 aromatic rings. The number of allylic oxidation sites excluding steroid dienone is 2. The molecular weight excluding hydrogens is 268 g/mol. The molecule has 0 aliphatic heterocycles. The average molecular weight is 284 g/mol. The fraction of sp³-hybridized carbons (Fsp3) is 0.333. The van der Waals surface area contributed by atoms with Gasteiger partial charge in [0.1, 0.15) is 6.33 Å². The van der Waals surface area contributed by atoms with Gasteiger partial charge in [-0.05, 0) is 53.8 Å². The Bertz CT molecular complexity index is 637. The molecule has 1 aliphatic rings. The first-order valence-corrected chi connectivity index (χ1v) is 6.98. The fourth-order valence-corrected chi connectivity index (χ4v) is 2.34. The minimum Gasteiger partial charge on any atom is -0.462 e. The molecule has 108 valence electrons. The van der Waals surface area contributed by atoms with Gasteiger partial charge in [0.15, 0.2) is 0 Å². The summed E-state index contributed by atoms with van der Waals surface area (Å²) in [7, 11) is 0. The SMILES string of the molecule is O=C(OCC1CC=CCC1)c1cccc(-n2cnnn2)c1. The standard InChI is InChI=1S/C15H16N4O2/c20-15(21-10-12-5-2-1-3-6-12)13-7-4-8-14(9-13)19-11-16-17-18-19/h1-2,4,7-9,11-12H,3,5-6,10H2. The third-order valence-electron chi connectivity index (χ3n) is 3.52. The molecule has 21 heavy (non-hydrogen) atoms. The summed E-state index contributed by atoms with van der Waals surface area (Å²) < 4.78 is 6.91. The first-order valence-electron chi connectivity index (χ1n) is 6.98. The molecule has 3 rings (SSSR count). The van der Waals surface area contributed by atoms with E-state index in [1.54, 1.807) is 18.2 Å². The molecule has 0 bridgehead atoms. The maximum Gasteiger partial charge on any atom is 0.338 e. The minimum atomic E-state index is -0.306. The van der Waals surface area contributed by atoms with Crippen LogP contribution in [0.5, 0.6) is 0 Å². The second-order valence-electron chi connectivity index (χ2n) is 5.05. The zero-order chi connectivity index (χ0) is 14.5. The molecule has 1 aromatic heterocycles. The molecule has 0 N–H and O–H groups in total. The highest BCUT2D eigenvalue weighted by Gasteiger charge is 2.14. The maximum absolute atomic E-state index is 12.1. The largest absolute Gasteiger partial charge is 0.462 e. The molecule has 0 saturated heterocycles. The Morgan fingerprint density at radius 3 is 3.10 bits per heavy atom.